The van der Waals surface area contributed by atoms with E-state index < -0.39 is 16.4 Å². The quantitative estimate of drug-likeness (QED) is 0.566. The summed E-state index contributed by atoms with van der Waals surface area (Å²) < 4.78 is 13.7. The van der Waals surface area contributed by atoms with Gasteiger partial charge in [-0.3, -0.25) is 10.1 Å². The van der Waals surface area contributed by atoms with Gasteiger partial charge in [-0.15, -0.1) is 0 Å². The van der Waals surface area contributed by atoms with E-state index in [1.165, 1.54) is 16.9 Å². The molecule has 0 saturated heterocycles. The maximum Gasteiger partial charge on any atom is 0.305 e. The first kappa shape index (κ1) is 10.2. The molecule has 0 N–H and O–H groups in total. The molecule has 0 aliphatic heterocycles. The van der Waals surface area contributed by atoms with Crippen LogP contribution in [0, 0.1) is 22.1 Å². The number of benzene rings is 1. The van der Waals surface area contributed by atoms with Gasteiger partial charge < -0.3 is 0 Å². The van der Waals surface area contributed by atoms with Crippen LogP contribution >= 0.6 is 0 Å². The van der Waals surface area contributed by atoms with Crippen LogP contribution in [0.3, 0.4) is 0 Å². The van der Waals surface area contributed by atoms with Crippen molar-refractivity contribution in [1.29, 1.82) is 0 Å². The zero-order chi connectivity index (χ0) is 11.7. The Bertz CT molecular complexity index is 552. The van der Waals surface area contributed by atoms with Crippen molar-refractivity contribution in [2.24, 2.45) is 7.05 Å². The van der Waals surface area contributed by atoms with Crippen LogP contribution in [0.4, 0.5) is 10.1 Å². The zero-order valence-electron chi connectivity index (χ0n) is 8.22. The molecular formula is C9H6FN4O2. The molecule has 1 radical (unpaired) electrons. The summed E-state index contributed by atoms with van der Waals surface area (Å²) in [5.41, 5.74) is -0.428. The number of nitro benzene ring substituents is 1. The second kappa shape index (κ2) is 3.69. The molecule has 0 amide bonds. The van der Waals surface area contributed by atoms with E-state index in [1.807, 2.05) is 0 Å². The number of nitro groups is 1. The minimum atomic E-state index is -0.927. The number of aryl methyl sites for hydroxylation is 1. The van der Waals surface area contributed by atoms with Gasteiger partial charge in [-0.1, -0.05) is 6.07 Å². The SMILES string of the molecule is Cn1n[c]c(-c2cccc([N+](=O)[O-])c2F)n1. The smallest absolute Gasteiger partial charge is 0.258 e. The lowest BCUT2D eigenvalue weighted by Crippen LogP contribution is -1.96. The van der Waals surface area contributed by atoms with Gasteiger partial charge in [0, 0.05) is 18.7 Å². The molecule has 0 bridgehead atoms. The molecule has 0 saturated carbocycles. The van der Waals surface area contributed by atoms with E-state index in [2.05, 4.69) is 16.4 Å². The summed E-state index contributed by atoms with van der Waals surface area (Å²) >= 11 is 0. The van der Waals surface area contributed by atoms with Crippen LogP contribution in [0.1, 0.15) is 0 Å². The van der Waals surface area contributed by atoms with Gasteiger partial charge in [-0.2, -0.15) is 19.4 Å². The maximum absolute atomic E-state index is 13.7. The number of halogens is 1. The molecular weight excluding hydrogens is 215 g/mol. The molecule has 81 valence electrons. The highest BCUT2D eigenvalue weighted by molar-refractivity contribution is 5.62. The lowest BCUT2D eigenvalue weighted by molar-refractivity contribution is -0.387. The van der Waals surface area contributed by atoms with Crippen LogP contribution < -0.4 is 0 Å². The summed E-state index contributed by atoms with van der Waals surface area (Å²) in [4.78, 5) is 10.9. The highest BCUT2D eigenvalue weighted by atomic mass is 19.1. The Morgan fingerprint density at radius 2 is 2.31 bits per heavy atom. The van der Waals surface area contributed by atoms with Crippen LogP contribution in [0.5, 0.6) is 0 Å². The van der Waals surface area contributed by atoms with E-state index in [-0.39, 0.29) is 11.3 Å². The molecule has 0 aliphatic carbocycles. The Balaban J connectivity index is 2.58. The Kier molecular flexibility index (Phi) is 2.35. The van der Waals surface area contributed by atoms with E-state index in [0.717, 1.165) is 6.07 Å². The van der Waals surface area contributed by atoms with Crippen LogP contribution in [0.2, 0.25) is 0 Å². The normalized spacial score (nSPS) is 10.4. The average molecular weight is 221 g/mol. The fourth-order valence-electron chi connectivity index (χ4n) is 1.27. The number of hydrogen-bond donors (Lipinski definition) is 0. The topological polar surface area (TPSA) is 73.8 Å². The molecule has 0 atom stereocenters. The van der Waals surface area contributed by atoms with E-state index >= 15 is 0 Å². The third kappa shape index (κ3) is 1.62. The Hall–Kier alpha value is -2.31. The first-order valence-corrected chi connectivity index (χ1v) is 4.32. The van der Waals surface area contributed by atoms with Crippen molar-refractivity contribution in [2.75, 3.05) is 0 Å². The number of aromatic nitrogens is 3. The summed E-state index contributed by atoms with van der Waals surface area (Å²) in [5.74, 6) is -0.927. The molecule has 0 aliphatic rings. The van der Waals surface area contributed by atoms with Gasteiger partial charge in [0.15, 0.2) is 0 Å². The summed E-state index contributed by atoms with van der Waals surface area (Å²) in [6.45, 7) is 0. The van der Waals surface area contributed by atoms with Crippen LogP contribution in [0.15, 0.2) is 18.2 Å². The average Bonchev–Trinajstić information content (AvgIpc) is 2.64. The maximum atomic E-state index is 13.7. The summed E-state index contributed by atoms with van der Waals surface area (Å²) in [6.07, 6.45) is 2.47. The minimum absolute atomic E-state index is 0.0160. The lowest BCUT2D eigenvalue weighted by Gasteiger charge is -1.98. The lowest BCUT2D eigenvalue weighted by atomic mass is 10.1. The first-order chi connectivity index (χ1) is 7.59. The van der Waals surface area contributed by atoms with Crippen LogP contribution in [0.25, 0.3) is 11.3 Å². The van der Waals surface area contributed by atoms with Gasteiger partial charge in [0.2, 0.25) is 5.82 Å². The fourth-order valence-corrected chi connectivity index (χ4v) is 1.27. The summed E-state index contributed by atoms with van der Waals surface area (Å²) in [7, 11) is 1.55. The van der Waals surface area contributed by atoms with Crippen molar-refractivity contribution in [3.63, 3.8) is 0 Å². The van der Waals surface area contributed by atoms with Crippen LogP contribution in [-0.4, -0.2) is 19.9 Å². The third-order valence-corrected chi connectivity index (χ3v) is 1.98. The Labute approximate surface area is 89.5 Å². The van der Waals surface area contributed by atoms with Crippen molar-refractivity contribution >= 4 is 5.69 Å². The predicted molar refractivity (Wildman–Crippen MR) is 51.9 cm³/mol. The molecule has 1 aromatic carbocycles. The van der Waals surface area contributed by atoms with Crippen molar-refractivity contribution in [3.8, 4) is 11.3 Å². The molecule has 0 fully saturated rings. The molecule has 7 heteroatoms. The third-order valence-electron chi connectivity index (χ3n) is 1.98. The Morgan fingerprint density at radius 3 is 2.88 bits per heavy atom. The number of hydrogen-bond acceptors (Lipinski definition) is 4. The molecule has 1 heterocycles. The second-order valence-corrected chi connectivity index (χ2v) is 3.05. The van der Waals surface area contributed by atoms with Gasteiger partial charge in [0.05, 0.1) is 4.92 Å². The molecule has 6 nitrogen and oxygen atoms in total. The van der Waals surface area contributed by atoms with Crippen molar-refractivity contribution in [1.82, 2.24) is 15.0 Å². The molecule has 0 spiro atoms. The van der Waals surface area contributed by atoms with Crippen molar-refractivity contribution in [3.05, 3.63) is 40.3 Å². The van der Waals surface area contributed by atoms with E-state index in [9.17, 15) is 14.5 Å². The minimum Gasteiger partial charge on any atom is -0.258 e. The van der Waals surface area contributed by atoms with Gasteiger partial charge >= 0.3 is 5.69 Å². The van der Waals surface area contributed by atoms with Crippen molar-refractivity contribution in [2.45, 2.75) is 0 Å². The predicted octanol–water partition coefficient (Wildman–Crippen LogP) is 1.33. The molecule has 0 unspecified atom stereocenters. The number of nitrogens with zero attached hydrogens (tertiary/aromatic N) is 4. The van der Waals surface area contributed by atoms with E-state index in [0.29, 0.717) is 0 Å². The first-order valence-electron chi connectivity index (χ1n) is 4.32. The monoisotopic (exact) mass is 221 g/mol. The zero-order valence-corrected chi connectivity index (χ0v) is 8.22. The van der Waals surface area contributed by atoms with Crippen LogP contribution in [-0.2, 0) is 7.05 Å². The molecule has 1 aromatic heterocycles. The van der Waals surface area contributed by atoms with Crippen molar-refractivity contribution < 1.29 is 9.31 Å². The van der Waals surface area contributed by atoms with Gasteiger partial charge in [0.25, 0.3) is 0 Å². The summed E-state index contributed by atoms with van der Waals surface area (Å²) in [6, 6.07) is 3.87. The number of rotatable bonds is 2. The van der Waals surface area contributed by atoms with Gasteiger partial charge in [0.1, 0.15) is 11.9 Å². The molecule has 2 aromatic rings. The molecule has 2 rings (SSSR count). The fraction of sp³-hybridized carbons (Fsp3) is 0.111. The highest BCUT2D eigenvalue weighted by Crippen LogP contribution is 2.26. The largest absolute Gasteiger partial charge is 0.305 e. The van der Waals surface area contributed by atoms with Gasteiger partial charge in [-0.25, -0.2) is 0 Å². The van der Waals surface area contributed by atoms with E-state index in [1.54, 1.807) is 7.05 Å². The highest BCUT2D eigenvalue weighted by Gasteiger charge is 2.19. The van der Waals surface area contributed by atoms with Gasteiger partial charge in [-0.05, 0) is 6.07 Å². The summed E-state index contributed by atoms with van der Waals surface area (Å²) in [5, 5.41) is 18.0. The van der Waals surface area contributed by atoms with E-state index in [4.69, 9.17) is 0 Å². The second-order valence-electron chi connectivity index (χ2n) is 3.05. The Morgan fingerprint density at radius 1 is 1.56 bits per heavy atom. The molecule has 16 heavy (non-hydrogen) atoms. The standard InChI is InChI=1S/C9H6FN4O2/c1-13-11-5-7(12-13)6-3-2-4-8(9(6)10)14(15)16/h2-4H,1H3.